The Balaban J connectivity index is 2.12. The summed E-state index contributed by atoms with van der Waals surface area (Å²) in [5, 5.41) is 2.42. The fraction of sp³-hybridized carbons (Fsp3) is 0.333. The molecule has 0 saturated heterocycles. The zero-order valence-corrected chi connectivity index (χ0v) is 17.5. The molecule has 0 amide bonds. The van der Waals surface area contributed by atoms with Gasteiger partial charge < -0.3 is 4.74 Å². The molecule has 3 heteroatoms. The monoisotopic (exact) mass is 384 g/mol. The molecule has 0 aliphatic rings. The lowest BCUT2D eigenvalue weighted by atomic mass is 9.84. The van der Waals surface area contributed by atoms with E-state index in [2.05, 4.69) is 59.7 Å². The van der Waals surface area contributed by atoms with E-state index in [1.807, 2.05) is 18.2 Å². The fourth-order valence-corrected chi connectivity index (χ4v) is 3.46. The lowest BCUT2D eigenvalue weighted by Gasteiger charge is -2.24. The van der Waals surface area contributed by atoms with E-state index in [0.717, 1.165) is 16.3 Å². The van der Waals surface area contributed by atoms with E-state index in [0.29, 0.717) is 11.5 Å². The molecule has 0 aromatic heterocycles. The van der Waals surface area contributed by atoms with E-state index in [1.54, 1.807) is 6.07 Å². The minimum absolute atomic E-state index is 0.0150. The Kier molecular flexibility index (Phi) is 4.98. The Hall–Kier alpha value is -2.06. The van der Waals surface area contributed by atoms with Gasteiger partial charge in [-0.25, -0.2) is 4.39 Å². The molecule has 0 N–H and O–H groups in total. The lowest BCUT2D eigenvalue weighted by molar-refractivity contribution is 0.450. The van der Waals surface area contributed by atoms with Crippen molar-refractivity contribution in [3.8, 4) is 11.5 Å². The molecule has 3 aromatic rings. The van der Waals surface area contributed by atoms with Gasteiger partial charge in [-0.05, 0) is 45.4 Å². The van der Waals surface area contributed by atoms with Crippen LogP contribution in [0.5, 0.6) is 11.5 Å². The molecular formula is C24H26ClFO. The molecule has 0 heterocycles. The topological polar surface area (TPSA) is 9.23 Å². The predicted molar refractivity (Wildman–Crippen MR) is 113 cm³/mol. The molecule has 27 heavy (non-hydrogen) atoms. The van der Waals surface area contributed by atoms with Crippen molar-refractivity contribution < 1.29 is 9.13 Å². The average Bonchev–Trinajstić information content (AvgIpc) is 2.55. The Morgan fingerprint density at radius 3 is 2.11 bits per heavy atom. The first-order valence-corrected chi connectivity index (χ1v) is 9.55. The van der Waals surface area contributed by atoms with E-state index in [-0.39, 0.29) is 15.9 Å². The molecular weight excluding hydrogens is 359 g/mol. The van der Waals surface area contributed by atoms with Crippen LogP contribution in [0.15, 0.2) is 48.5 Å². The van der Waals surface area contributed by atoms with Crippen LogP contribution >= 0.6 is 11.6 Å². The second-order valence-electron chi connectivity index (χ2n) is 9.05. The van der Waals surface area contributed by atoms with Crippen molar-refractivity contribution in [2.75, 3.05) is 0 Å². The van der Waals surface area contributed by atoms with Crippen LogP contribution in [0, 0.1) is 5.82 Å². The van der Waals surface area contributed by atoms with Gasteiger partial charge >= 0.3 is 0 Å². The molecule has 0 aliphatic heterocycles. The fourth-order valence-electron chi connectivity index (χ4n) is 3.30. The number of rotatable bonds is 2. The van der Waals surface area contributed by atoms with Crippen LogP contribution in [0.3, 0.4) is 0 Å². The Morgan fingerprint density at radius 2 is 1.48 bits per heavy atom. The van der Waals surface area contributed by atoms with Gasteiger partial charge in [0, 0.05) is 11.6 Å². The maximum Gasteiger partial charge on any atom is 0.145 e. The molecule has 0 bridgehead atoms. The van der Waals surface area contributed by atoms with Gasteiger partial charge in [0.1, 0.15) is 17.3 Å². The van der Waals surface area contributed by atoms with Gasteiger partial charge in [0.25, 0.3) is 0 Å². The zero-order chi connectivity index (χ0) is 20.0. The van der Waals surface area contributed by atoms with Crippen LogP contribution in [-0.4, -0.2) is 0 Å². The van der Waals surface area contributed by atoms with E-state index >= 15 is 0 Å². The highest BCUT2D eigenvalue weighted by molar-refractivity contribution is 6.30. The minimum atomic E-state index is -0.476. The number of hydrogen-bond acceptors (Lipinski definition) is 1. The summed E-state index contributed by atoms with van der Waals surface area (Å²) in [6.45, 7) is 12.8. The number of benzene rings is 3. The summed E-state index contributed by atoms with van der Waals surface area (Å²) in [6, 6.07) is 15.4. The lowest BCUT2D eigenvalue weighted by Crippen LogP contribution is -2.13. The number of ether oxygens (including phenoxy) is 1. The Morgan fingerprint density at radius 1 is 0.815 bits per heavy atom. The van der Waals surface area contributed by atoms with Crippen molar-refractivity contribution in [3.05, 3.63) is 70.5 Å². The molecule has 0 fully saturated rings. The molecule has 0 saturated carbocycles. The summed E-state index contributed by atoms with van der Waals surface area (Å²) in [7, 11) is 0. The van der Waals surface area contributed by atoms with Crippen LogP contribution < -0.4 is 4.74 Å². The summed E-state index contributed by atoms with van der Waals surface area (Å²) in [5.41, 5.74) is 1.92. The predicted octanol–water partition coefficient (Wildman–Crippen LogP) is 8.02. The van der Waals surface area contributed by atoms with Gasteiger partial charge in [-0.15, -0.1) is 0 Å². The summed E-state index contributed by atoms with van der Waals surface area (Å²) >= 11 is 6.01. The van der Waals surface area contributed by atoms with Crippen molar-refractivity contribution in [2.45, 2.75) is 52.4 Å². The molecule has 142 valence electrons. The normalized spacial score (nSPS) is 12.4. The largest absolute Gasteiger partial charge is 0.457 e. The highest BCUT2D eigenvalue weighted by Crippen LogP contribution is 2.39. The average molecular weight is 385 g/mol. The third-order valence-corrected chi connectivity index (χ3v) is 5.01. The van der Waals surface area contributed by atoms with E-state index in [1.165, 1.54) is 11.6 Å². The van der Waals surface area contributed by atoms with Gasteiger partial charge in [-0.3, -0.25) is 0 Å². The maximum absolute atomic E-state index is 14.1. The van der Waals surface area contributed by atoms with Crippen LogP contribution in [0.1, 0.15) is 52.7 Å². The van der Waals surface area contributed by atoms with Crippen LogP contribution in [0.25, 0.3) is 10.8 Å². The van der Waals surface area contributed by atoms with Gasteiger partial charge in [-0.2, -0.15) is 0 Å². The van der Waals surface area contributed by atoms with Gasteiger partial charge in [-0.1, -0.05) is 77.4 Å². The molecule has 1 nitrogen and oxygen atoms in total. The maximum atomic E-state index is 14.1. The molecule has 3 rings (SSSR count). The molecule has 0 radical (unpaired) electrons. The second kappa shape index (κ2) is 6.83. The first-order chi connectivity index (χ1) is 12.5. The van der Waals surface area contributed by atoms with Crippen molar-refractivity contribution in [2.24, 2.45) is 0 Å². The summed E-state index contributed by atoms with van der Waals surface area (Å²) in [4.78, 5) is 0. The van der Waals surface area contributed by atoms with Crippen molar-refractivity contribution >= 4 is 22.4 Å². The molecule has 3 aromatic carbocycles. The molecule has 0 aliphatic carbocycles. The molecule has 0 unspecified atom stereocenters. The van der Waals surface area contributed by atoms with Crippen LogP contribution in [0.4, 0.5) is 4.39 Å². The van der Waals surface area contributed by atoms with Crippen molar-refractivity contribution in [1.82, 2.24) is 0 Å². The Labute approximate surface area is 166 Å². The third-order valence-electron chi connectivity index (χ3n) is 4.72. The van der Waals surface area contributed by atoms with E-state index < -0.39 is 5.82 Å². The number of fused-ring (bicyclic) bond motifs is 1. The summed E-state index contributed by atoms with van der Waals surface area (Å²) in [6.07, 6.45) is 0. The van der Waals surface area contributed by atoms with Crippen molar-refractivity contribution in [1.29, 1.82) is 0 Å². The highest BCUT2D eigenvalue weighted by atomic mass is 35.5. The number of hydrogen-bond donors (Lipinski definition) is 0. The van der Waals surface area contributed by atoms with Gasteiger partial charge in [0.15, 0.2) is 0 Å². The molecule has 0 spiro atoms. The number of halogens is 2. The smallest absolute Gasteiger partial charge is 0.145 e. The highest BCUT2D eigenvalue weighted by Gasteiger charge is 2.22. The van der Waals surface area contributed by atoms with E-state index in [4.69, 9.17) is 16.3 Å². The Bertz CT molecular complexity index is 994. The van der Waals surface area contributed by atoms with Crippen LogP contribution in [-0.2, 0) is 10.8 Å². The second-order valence-corrected chi connectivity index (χ2v) is 9.46. The van der Waals surface area contributed by atoms with Crippen LogP contribution in [0.2, 0.25) is 5.02 Å². The zero-order valence-electron chi connectivity index (χ0n) is 16.8. The first kappa shape index (κ1) is 19.7. The quantitative estimate of drug-likeness (QED) is 0.434. The molecule has 0 atom stereocenters. The first-order valence-electron chi connectivity index (χ1n) is 9.17. The minimum Gasteiger partial charge on any atom is -0.457 e. The summed E-state index contributed by atoms with van der Waals surface area (Å²) in [5.74, 6) is 0.708. The van der Waals surface area contributed by atoms with Gasteiger partial charge in [0.2, 0.25) is 0 Å². The summed E-state index contributed by atoms with van der Waals surface area (Å²) < 4.78 is 20.3. The SMILES string of the molecule is CC(C)(C)c1cc(Cl)c(F)cc1Oc1ccc2cccc(C(C)(C)C)c2c1. The standard InChI is InChI=1S/C24H26ClFO/c1-23(2,3)18-9-7-8-15-10-11-16(12-17(15)18)27-22-14-21(26)20(25)13-19(22)24(4,5)6/h7-14H,1-6H3. The third kappa shape index (κ3) is 4.11. The van der Waals surface area contributed by atoms with Gasteiger partial charge in [0.05, 0.1) is 5.02 Å². The van der Waals surface area contributed by atoms with Crippen molar-refractivity contribution in [3.63, 3.8) is 0 Å². The van der Waals surface area contributed by atoms with E-state index in [9.17, 15) is 4.39 Å².